The van der Waals surface area contributed by atoms with Crippen molar-refractivity contribution in [3.05, 3.63) is 18.0 Å². The summed E-state index contributed by atoms with van der Waals surface area (Å²) in [7, 11) is -3.47. The highest BCUT2D eigenvalue weighted by atomic mass is 32.2. The second kappa shape index (κ2) is 6.54. The van der Waals surface area contributed by atoms with Crippen LogP contribution >= 0.6 is 0 Å². The third kappa shape index (κ3) is 4.06. The molecule has 6 heteroatoms. The molecular weight excluding hydrogens is 264 g/mol. The lowest BCUT2D eigenvalue weighted by Gasteiger charge is -2.20. The monoisotopic (exact) mass is 286 g/mol. The van der Waals surface area contributed by atoms with Gasteiger partial charge in [-0.3, -0.25) is 0 Å². The van der Waals surface area contributed by atoms with Crippen LogP contribution in [0.5, 0.6) is 0 Å². The second-order valence-electron chi connectivity index (χ2n) is 5.18. The molecule has 1 heterocycles. The molecule has 0 bridgehead atoms. The van der Waals surface area contributed by atoms with E-state index in [1.165, 1.54) is 31.5 Å². The summed E-state index contributed by atoms with van der Waals surface area (Å²) in [5.74, 6) is 0. The molecule has 1 aliphatic carbocycles. The van der Waals surface area contributed by atoms with Crippen LogP contribution in [0.1, 0.15) is 50.6 Å². The van der Waals surface area contributed by atoms with Crippen LogP contribution in [0, 0.1) is 0 Å². The summed E-state index contributed by atoms with van der Waals surface area (Å²) >= 11 is 0. The van der Waals surface area contributed by atoms with Crippen LogP contribution in [-0.4, -0.2) is 24.6 Å². The number of H-pyrrole nitrogens is 1. The molecule has 1 aromatic rings. The molecule has 0 aromatic carbocycles. The van der Waals surface area contributed by atoms with Gasteiger partial charge in [0.2, 0.25) is 10.0 Å². The van der Waals surface area contributed by atoms with Gasteiger partial charge in [0.1, 0.15) is 0 Å². The Morgan fingerprint density at radius 3 is 2.42 bits per heavy atom. The number of sulfonamides is 1. The smallest absolute Gasteiger partial charge is 0.242 e. The Balaban J connectivity index is 2.02. The van der Waals surface area contributed by atoms with E-state index in [1.807, 2.05) is 0 Å². The minimum absolute atomic E-state index is 0.0396. The summed E-state index contributed by atoms with van der Waals surface area (Å²) in [6, 6.07) is 1.52. The Labute approximate surface area is 114 Å². The quantitative estimate of drug-likeness (QED) is 0.790. The van der Waals surface area contributed by atoms with Gasteiger partial charge in [-0.05, 0) is 18.9 Å². The molecule has 0 saturated heterocycles. The van der Waals surface area contributed by atoms with Gasteiger partial charge in [0.25, 0.3) is 0 Å². The number of aliphatic hydroxyl groups is 1. The van der Waals surface area contributed by atoms with Crippen molar-refractivity contribution in [1.82, 2.24) is 9.71 Å². The molecule has 108 valence electrons. The molecule has 0 aliphatic heterocycles. The molecule has 5 nitrogen and oxygen atoms in total. The molecule has 1 fully saturated rings. The Kier molecular flexibility index (Phi) is 5.01. The van der Waals surface area contributed by atoms with E-state index in [4.69, 9.17) is 5.11 Å². The van der Waals surface area contributed by atoms with Crippen LogP contribution in [0.2, 0.25) is 0 Å². The van der Waals surface area contributed by atoms with Crippen LogP contribution in [0.15, 0.2) is 17.2 Å². The molecule has 0 spiro atoms. The van der Waals surface area contributed by atoms with E-state index in [0.717, 1.165) is 25.7 Å². The highest BCUT2D eigenvalue weighted by Crippen LogP contribution is 2.19. The zero-order chi connectivity index (χ0) is 13.7. The van der Waals surface area contributed by atoms with E-state index in [1.54, 1.807) is 0 Å². The van der Waals surface area contributed by atoms with E-state index in [-0.39, 0.29) is 17.5 Å². The number of hydrogen-bond donors (Lipinski definition) is 3. The number of aromatic amines is 1. The fraction of sp³-hybridized carbons (Fsp3) is 0.692. The summed E-state index contributed by atoms with van der Waals surface area (Å²) in [5.41, 5.74) is 0.512. The summed E-state index contributed by atoms with van der Waals surface area (Å²) in [5, 5.41) is 8.96. The van der Waals surface area contributed by atoms with Gasteiger partial charge in [-0.25, -0.2) is 13.1 Å². The maximum atomic E-state index is 12.2. The van der Waals surface area contributed by atoms with E-state index in [0.29, 0.717) is 5.69 Å². The van der Waals surface area contributed by atoms with Crippen molar-refractivity contribution >= 4 is 10.0 Å². The Morgan fingerprint density at radius 1 is 1.21 bits per heavy atom. The number of rotatable bonds is 4. The first-order valence-corrected chi connectivity index (χ1v) is 8.40. The topological polar surface area (TPSA) is 82.2 Å². The normalized spacial score (nSPS) is 19.0. The van der Waals surface area contributed by atoms with Crippen LogP contribution in [0.25, 0.3) is 0 Å². The van der Waals surface area contributed by atoms with E-state index >= 15 is 0 Å². The predicted molar refractivity (Wildman–Crippen MR) is 73.1 cm³/mol. The van der Waals surface area contributed by atoms with Crippen molar-refractivity contribution < 1.29 is 13.5 Å². The molecule has 2 rings (SSSR count). The largest absolute Gasteiger partial charge is 0.390 e. The van der Waals surface area contributed by atoms with Crippen LogP contribution < -0.4 is 4.72 Å². The van der Waals surface area contributed by atoms with Gasteiger partial charge >= 0.3 is 0 Å². The van der Waals surface area contributed by atoms with Gasteiger partial charge in [-0.15, -0.1) is 0 Å². The molecule has 3 N–H and O–H groups in total. The van der Waals surface area contributed by atoms with Crippen molar-refractivity contribution in [1.29, 1.82) is 0 Å². The summed E-state index contributed by atoms with van der Waals surface area (Å²) < 4.78 is 27.2. The number of hydrogen-bond acceptors (Lipinski definition) is 3. The van der Waals surface area contributed by atoms with Gasteiger partial charge < -0.3 is 10.1 Å². The SMILES string of the molecule is O=S(=O)(NC1CCCCCCC1)c1c[nH]c(CO)c1. The van der Waals surface area contributed by atoms with Crippen molar-refractivity contribution in [3.8, 4) is 0 Å². The molecule has 1 saturated carbocycles. The zero-order valence-corrected chi connectivity index (χ0v) is 11.9. The van der Waals surface area contributed by atoms with Crippen LogP contribution in [-0.2, 0) is 16.6 Å². The van der Waals surface area contributed by atoms with E-state index in [9.17, 15) is 8.42 Å². The highest BCUT2D eigenvalue weighted by Gasteiger charge is 2.21. The first kappa shape index (κ1) is 14.6. The highest BCUT2D eigenvalue weighted by molar-refractivity contribution is 7.89. The summed E-state index contributed by atoms with van der Waals surface area (Å²) in [4.78, 5) is 2.96. The van der Waals surface area contributed by atoms with E-state index in [2.05, 4.69) is 9.71 Å². The Hall–Kier alpha value is -0.850. The molecule has 1 aromatic heterocycles. The van der Waals surface area contributed by atoms with Crippen molar-refractivity contribution in [2.75, 3.05) is 0 Å². The Morgan fingerprint density at radius 2 is 1.84 bits per heavy atom. The van der Waals surface area contributed by atoms with Gasteiger partial charge in [0.15, 0.2) is 0 Å². The third-order valence-electron chi connectivity index (χ3n) is 3.62. The molecule has 0 amide bonds. The number of nitrogens with one attached hydrogen (secondary N) is 2. The molecule has 1 aliphatic rings. The first-order valence-electron chi connectivity index (χ1n) is 6.92. The maximum Gasteiger partial charge on any atom is 0.242 e. The van der Waals surface area contributed by atoms with Gasteiger partial charge in [0.05, 0.1) is 11.5 Å². The molecule has 0 atom stereocenters. The van der Waals surface area contributed by atoms with Crippen LogP contribution in [0.3, 0.4) is 0 Å². The maximum absolute atomic E-state index is 12.2. The summed E-state index contributed by atoms with van der Waals surface area (Å²) in [6.07, 6.45) is 9.07. The molecule has 0 radical (unpaired) electrons. The number of aromatic nitrogens is 1. The van der Waals surface area contributed by atoms with Gasteiger partial charge in [-0.2, -0.15) is 0 Å². The molecule has 0 unspecified atom stereocenters. The summed E-state index contributed by atoms with van der Waals surface area (Å²) in [6.45, 7) is -0.182. The number of aliphatic hydroxyl groups excluding tert-OH is 1. The fourth-order valence-corrected chi connectivity index (χ4v) is 3.85. The van der Waals surface area contributed by atoms with Crippen molar-refractivity contribution in [2.24, 2.45) is 0 Å². The average Bonchev–Trinajstić information content (AvgIpc) is 2.82. The van der Waals surface area contributed by atoms with Gasteiger partial charge in [-0.1, -0.05) is 32.1 Å². The standard InChI is InChI=1S/C13H22N2O3S/c16-10-12-8-13(9-14-12)19(17,18)15-11-6-4-2-1-3-5-7-11/h8-9,11,14-16H,1-7,10H2. The van der Waals surface area contributed by atoms with Crippen molar-refractivity contribution in [3.63, 3.8) is 0 Å². The lowest BCUT2D eigenvalue weighted by molar-refractivity contribution is 0.277. The van der Waals surface area contributed by atoms with Gasteiger partial charge in [0, 0.05) is 17.9 Å². The lowest BCUT2D eigenvalue weighted by atomic mass is 9.97. The van der Waals surface area contributed by atoms with E-state index < -0.39 is 10.0 Å². The fourth-order valence-electron chi connectivity index (χ4n) is 2.53. The molecular formula is C13H22N2O3S. The second-order valence-corrected chi connectivity index (χ2v) is 6.90. The predicted octanol–water partition coefficient (Wildman–Crippen LogP) is 1.90. The zero-order valence-electron chi connectivity index (χ0n) is 11.1. The third-order valence-corrected chi connectivity index (χ3v) is 5.12. The lowest BCUT2D eigenvalue weighted by Crippen LogP contribution is -2.35. The van der Waals surface area contributed by atoms with Crippen molar-refractivity contribution in [2.45, 2.75) is 62.5 Å². The average molecular weight is 286 g/mol. The minimum Gasteiger partial charge on any atom is -0.390 e. The first-order chi connectivity index (χ1) is 9.12. The van der Waals surface area contributed by atoms with Crippen LogP contribution in [0.4, 0.5) is 0 Å². The minimum atomic E-state index is -3.47. The Bertz CT molecular complexity index is 488. The molecule has 19 heavy (non-hydrogen) atoms.